The average Bonchev–Trinajstić information content (AvgIpc) is 2.74. The summed E-state index contributed by atoms with van der Waals surface area (Å²) >= 11 is 0. The maximum Gasteiger partial charge on any atom is 0.350 e. The van der Waals surface area contributed by atoms with Gasteiger partial charge in [0.1, 0.15) is 12.9 Å². The van der Waals surface area contributed by atoms with Crippen molar-refractivity contribution in [1.29, 1.82) is 0 Å². The molecule has 0 amide bonds. The predicted molar refractivity (Wildman–Crippen MR) is 74.5 cm³/mol. The summed E-state index contributed by atoms with van der Waals surface area (Å²) in [6.07, 6.45) is -1.61. The largest absolute Gasteiger partial charge is 0.466 e. The Morgan fingerprint density at radius 2 is 2.14 bits per heavy atom. The number of aromatic nitrogens is 2. The molecule has 0 saturated carbocycles. The van der Waals surface area contributed by atoms with Crippen molar-refractivity contribution in [3.05, 3.63) is 16.3 Å². The summed E-state index contributed by atoms with van der Waals surface area (Å²) in [5, 5.41) is 14.5. The highest BCUT2D eigenvalue weighted by molar-refractivity contribution is 6.76. The van der Waals surface area contributed by atoms with Crippen LogP contribution in [0.4, 0.5) is 14.5 Å². The third-order valence-electron chi connectivity index (χ3n) is 2.47. The SMILES string of the molecule is C[Si](C)(C)CCOCn1cc([N+](=O)[O-])c(OCC(F)F)n1. The molecule has 0 N–H and O–H groups in total. The van der Waals surface area contributed by atoms with Crippen LogP contribution in [-0.2, 0) is 11.5 Å². The smallest absolute Gasteiger partial charge is 0.350 e. The lowest BCUT2D eigenvalue weighted by atomic mass is 10.5. The van der Waals surface area contributed by atoms with E-state index in [9.17, 15) is 18.9 Å². The number of halogens is 2. The van der Waals surface area contributed by atoms with Gasteiger partial charge in [-0.1, -0.05) is 19.6 Å². The van der Waals surface area contributed by atoms with Crippen LogP contribution < -0.4 is 4.74 Å². The average molecular weight is 323 g/mol. The second-order valence-electron chi connectivity index (χ2n) is 5.67. The third-order valence-corrected chi connectivity index (χ3v) is 4.18. The van der Waals surface area contributed by atoms with Gasteiger partial charge in [0.2, 0.25) is 0 Å². The topological polar surface area (TPSA) is 79.4 Å². The molecule has 7 nitrogen and oxygen atoms in total. The molecule has 10 heteroatoms. The van der Waals surface area contributed by atoms with E-state index in [0.717, 1.165) is 12.2 Å². The maximum absolute atomic E-state index is 12.1. The minimum absolute atomic E-state index is 0.0172. The first-order valence-corrected chi connectivity index (χ1v) is 10.1. The molecule has 0 bridgehead atoms. The zero-order valence-corrected chi connectivity index (χ0v) is 13.2. The highest BCUT2D eigenvalue weighted by Gasteiger charge is 2.22. The summed E-state index contributed by atoms with van der Waals surface area (Å²) in [4.78, 5) is 10.1. The third kappa shape index (κ3) is 6.62. The Morgan fingerprint density at radius 1 is 1.48 bits per heavy atom. The molecule has 0 aliphatic rings. The van der Waals surface area contributed by atoms with Crippen LogP contribution in [0.15, 0.2) is 6.20 Å². The molecule has 0 saturated heterocycles. The maximum atomic E-state index is 12.1. The van der Waals surface area contributed by atoms with Gasteiger partial charge in [-0.2, -0.15) is 0 Å². The molecule has 120 valence electrons. The van der Waals surface area contributed by atoms with Gasteiger partial charge in [0.05, 0.1) is 4.92 Å². The zero-order valence-electron chi connectivity index (χ0n) is 12.2. The lowest BCUT2D eigenvalue weighted by Crippen LogP contribution is -2.22. The van der Waals surface area contributed by atoms with Crippen LogP contribution in [0.25, 0.3) is 0 Å². The van der Waals surface area contributed by atoms with Crippen molar-refractivity contribution < 1.29 is 23.2 Å². The summed E-state index contributed by atoms with van der Waals surface area (Å²) in [6.45, 7) is 6.20. The van der Waals surface area contributed by atoms with Crippen LogP contribution in [0, 0.1) is 10.1 Å². The summed E-state index contributed by atoms with van der Waals surface area (Å²) in [5.41, 5.74) is -0.454. The predicted octanol–water partition coefficient (Wildman–Crippen LogP) is 2.75. The zero-order chi connectivity index (χ0) is 16.0. The van der Waals surface area contributed by atoms with E-state index in [1.54, 1.807) is 0 Å². The summed E-state index contributed by atoms with van der Waals surface area (Å²) in [5.74, 6) is -0.422. The second kappa shape index (κ2) is 7.45. The summed E-state index contributed by atoms with van der Waals surface area (Å²) < 4.78 is 35.3. The van der Waals surface area contributed by atoms with E-state index >= 15 is 0 Å². The van der Waals surface area contributed by atoms with Gasteiger partial charge in [0.15, 0.2) is 6.61 Å². The van der Waals surface area contributed by atoms with Crippen LogP contribution in [0.2, 0.25) is 25.7 Å². The Labute approximate surface area is 122 Å². The number of alkyl halides is 2. The van der Waals surface area contributed by atoms with Crippen molar-refractivity contribution in [2.75, 3.05) is 13.2 Å². The van der Waals surface area contributed by atoms with Gasteiger partial charge in [-0.3, -0.25) is 10.1 Å². The van der Waals surface area contributed by atoms with E-state index in [0.29, 0.717) is 6.61 Å². The van der Waals surface area contributed by atoms with Gasteiger partial charge in [0, 0.05) is 14.7 Å². The van der Waals surface area contributed by atoms with Crippen molar-refractivity contribution in [1.82, 2.24) is 9.78 Å². The second-order valence-corrected chi connectivity index (χ2v) is 11.3. The van der Waals surface area contributed by atoms with Crippen molar-refractivity contribution in [3.8, 4) is 5.88 Å². The minimum atomic E-state index is -2.72. The Kier molecular flexibility index (Phi) is 6.21. The first kappa shape index (κ1) is 17.5. The fourth-order valence-electron chi connectivity index (χ4n) is 1.37. The van der Waals surface area contributed by atoms with E-state index in [1.165, 1.54) is 4.68 Å². The molecular weight excluding hydrogens is 304 g/mol. The monoisotopic (exact) mass is 323 g/mol. The molecule has 0 fully saturated rings. The molecule has 0 atom stereocenters. The van der Waals surface area contributed by atoms with Crippen LogP contribution in [0.5, 0.6) is 5.88 Å². The van der Waals surface area contributed by atoms with Crippen LogP contribution >= 0.6 is 0 Å². The minimum Gasteiger partial charge on any atom is -0.466 e. The van der Waals surface area contributed by atoms with E-state index in [4.69, 9.17) is 4.74 Å². The first-order chi connectivity index (χ1) is 9.69. The number of hydrogen-bond acceptors (Lipinski definition) is 5. The van der Waals surface area contributed by atoms with Gasteiger partial charge in [-0.05, 0) is 6.04 Å². The molecule has 0 aliphatic heterocycles. The van der Waals surface area contributed by atoms with Crippen molar-refractivity contribution in [2.24, 2.45) is 0 Å². The Hall–Kier alpha value is -1.55. The molecule has 0 radical (unpaired) electrons. The number of ether oxygens (including phenoxy) is 2. The van der Waals surface area contributed by atoms with Crippen molar-refractivity contribution in [2.45, 2.75) is 38.8 Å². The van der Waals surface area contributed by atoms with E-state index in [1.807, 2.05) is 0 Å². The summed E-state index contributed by atoms with van der Waals surface area (Å²) in [6, 6.07) is 0.950. The Bertz CT molecular complexity index is 477. The first-order valence-electron chi connectivity index (χ1n) is 6.39. The molecule has 0 aliphatic carbocycles. The molecule has 1 heterocycles. The highest BCUT2D eigenvalue weighted by Crippen LogP contribution is 2.25. The molecule has 1 aromatic rings. The molecule has 0 aromatic carbocycles. The fourth-order valence-corrected chi connectivity index (χ4v) is 2.12. The van der Waals surface area contributed by atoms with Gasteiger partial charge in [0.25, 0.3) is 6.43 Å². The lowest BCUT2D eigenvalue weighted by Gasteiger charge is -2.15. The van der Waals surface area contributed by atoms with Gasteiger partial charge >= 0.3 is 11.6 Å². The van der Waals surface area contributed by atoms with Crippen molar-refractivity contribution >= 4 is 13.8 Å². The van der Waals surface area contributed by atoms with Crippen molar-refractivity contribution in [3.63, 3.8) is 0 Å². The van der Waals surface area contributed by atoms with E-state index in [-0.39, 0.29) is 6.73 Å². The number of nitro groups is 1. The highest BCUT2D eigenvalue weighted by atomic mass is 28.3. The molecule has 0 unspecified atom stereocenters. The fraction of sp³-hybridized carbons (Fsp3) is 0.727. The lowest BCUT2D eigenvalue weighted by molar-refractivity contribution is -0.386. The molecular formula is C11H19F2N3O4Si. The van der Waals surface area contributed by atoms with Crippen LogP contribution in [-0.4, -0.2) is 42.4 Å². The normalized spacial score (nSPS) is 11.9. The number of nitrogens with zero attached hydrogens (tertiary/aromatic N) is 3. The Morgan fingerprint density at radius 3 is 2.67 bits per heavy atom. The molecule has 21 heavy (non-hydrogen) atoms. The van der Waals surface area contributed by atoms with Gasteiger partial charge in [-0.25, -0.2) is 13.5 Å². The van der Waals surface area contributed by atoms with E-state index < -0.39 is 37.6 Å². The van der Waals surface area contributed by atoms with E-state index in [2.05, 4.69) is 29.5 Å². The Balaban J connectivity index is 2.58. The summed E-state index contributed by atoms with van der Waals surface area (Å²) in [7, 11) is -1.22. The van der Waals surface area contributed by atoms with Crippen LogP contribution in [0.3, 0.4) is 0 Å². The number of rotatable bonds is 9. The molecule has 1 rings (SSSR count). The number of hydrogen-bond donors (Lipinski definition) is 0. The quantitative estimate of drug-likeness (QED) is 0.302. The molecule has 0 spiro atoms. The van der Waals surface area contributed by atoms with Gasteiger partial charge in [-0.15, -0.1) is 5.10 Å². The standard InChI is InChI=1S/C11H19F2N3O4Si/c1-21(2,3)5-4-19-8-15-6-9(16(17)18)11(14-15)20-7-10(12)13/h6,10H,4-5,7-8H2,1-3H3. The van der Waals surface area contributed by atoms with Crippen LogP contribution in [0.1, 0.15) is 0 Å². The molecule has 1 aromatic heterocycles. The van der Waals surface area contributed by atoms with Gasteiger partial charge < -0.3 is 9.47 Å².